The third kappa shape index (κ3) is 10.2. The molecular weight excluding hydrogens is 275 g/mol. The van der Waals surface area contributed by atoms with E-state index < -0.39 is 30.7 Å². The van der Waals surface area contributed by atoms with E-state index in [9.17, 15) is 15.0 Å². The number of carbonyl (C=O) groups excluding carboxylic acids is 1. The molecule has 0 aliphatic carbocycles. The molecule has 0 aliphatic heterocycles. The average Bonchev–Trinajstić information content (AvgIpc) is 2.38. The highest BCUT2D eigenvalue weighted by Crippen LogP contribution is 2.07. The van der Waals surface area contributed by atoms with E-state index in [0.29, 0.717) is 6.42 Å². The largest absolute Gasteiger partial charge is 0.394 e. The lowest BCUT2D eigenvalue weighted by atomic mass is 10.0. The first-order valence-corrected chi connectivity index (χ1v) is 6.95. The number of aliphatic hydroxyl groups is 4. The van der Waals surface area contributed by atoms with Crippen molar-refractivity contribution in [3.63, 3.8) is 0 Å². The molecule has 0 saturated heterocycles. The van der Waals surface area contributed by atoms with Gasteiger partial charge in [0.1, 0.15) is 18.3 Å². The molecule has 0 amide bonds. The smallest absolute Gasteiger partial charge is 0.164 e. The quantitative estimate of drug-likeness (QED) is 0.368. The number of hydrogen-bond donors (Lipinski definition) is 4. The van der Waals surface area contributed by atoms with Gasteiger partial charge in [-0.25, -0.2) is 0 Å². The van der Waals surface area contributed by atoms with Crippen LogP contribution in [0.25, 0.3) is 0 Å². The number of rotatable bonds is 8. The van der Waals surface area contributed by atoms with Crippen molar-refractivity contribution in [1.29, 1.82) is 0 Å². The Bertz CT molecular complexity index is 194. The molecule has 0 aromatic heterocycles. The number of carbonyl (C=O) groups is 1. The van der Waals surface area contributed by atoms with Gasteiger partial charge in [0.15, 0.2) is 5.78 Å². The molecule has 4 unspecified atom stereocenters. The Morgan fingerprint density at radius 1 is 1.17 bits per heavy atom. The minimum atomic E-state index is -1.61. The lowest BCUT2D eigenvalue weighted by Crippen LogP contribution is -2.43. The maximum absolute atomic E-state index is 11.3. The Balaban J connectivity index is -0.000000709. The van der Waals surface area contributed by atoms with Crippen LogP contribution in [0.2, 0.25) is 0 Å². The third-order valence-electron chi connectivity index (χ3n) is 2.26. The summed E-state index contributed by atoms with van der Waals surface area (Å²) >= 11 is 0. The molecule has 112 valence electrons. The van der Waals surface area contributed by atoms with Crippen molar-refractivity contribution in [2.75, 3.05) is 13.3 Å². The number of unbranched alkanes of at least 4 members (excludes halogenated alkanes) is 2. The van der Waals surface area contributed by atoms with E-state index in [1.165, 1.54) is 0 Å². The fourth-order valence-corrected chi connectivity index (χ4v) is 1.21. The summed E-state index contributed by atoms with van der Waals surface area (Å²) in [5.41, 5.74) is 0. The second kappa shape index (κ2) is 15.3. The summed E-state index contributed by atoms with van der Waals surface area (Å²) in [6, 6.07) is 0. The molecule has 0 fully saturated rings. The summed E-state index contributed by atoms with van der Waals surface area (Å²) in [4.78, 5) is 11.3. The fraction of sp³-hybridized carbons (Fsp3) is 0.909. The Labute approximate surface area is 118 Å². The first kappa shape index (κ1) is 23.4. The Hall–Kier alpha value is 0.290. The molecule has 0 aromatic carbocycles. The highest BCUT2D eigenvalue weighted by Gasteiger charge is 2.28. The minimum absolute atomic E-state index is 0. The first-order chi connectivity index (χ1) is 8.04. The van der Waals surface area contributed by atoms with Gasteiger partial charge in [0.25, 0.3) is 0 Å². The molecule has 0 rings (SSSR count). The van der Waals surface area contributed by atoms with Crippen LogP contribution in [-0.4, -0.2) is 57.8 Å². The van der Waals surface area contributed by atoms with E-state index in [4.69, 9.17) is 10.2 Å². The van der Waals surface area contributed by atoms with Crippen molar-refractivity contribution in [1.82, 2.24) is 0 Å². The first-order valence-electron chi connectivity index (χ1n) is 5.80. The van der Waals surface area contributed by atoms with Crippen LogP contribution in [0.15, 0.2) is 0 Å². The van der Waals surface area contributed by atoms with Crippen molar-refractivity contribution in [2.45, 2.75) is 50.9 Å². The zero-order valence-corrected chi connectivity index (χ0v) is 13.2. The van der Waals surface area contributed by atoms with Gasteiger partial charge in [-0.1, -0.05) is 26.4 Å². The molecule has 0 radical (unpaired) electrons. The lowest BCUT2D eigenvalue weighted by molar-refractivity contribution is -0.140. The van der Waals surface area contributed by atoms with Crippen LogP contribution < -0.4 is 0 Å². The van der Waals surface area contributed by atoms with Crippen molar-refractivity contribution >= 4 is 28.5 Å². The van der Waals surface area contributed by atoms with Gasteiger partial charge in [0, 0.05) is 6.42 Å². The number of hydrogen-bond acceptors (Lipinski definition) is 5. The van der Waals surface area contributed by atoms with Gasteiger partial charge in [-0.05, 0) is 6.42 Å². The summed E-state index contributed by atoms with van der Waals surface area (Å²) < 4.78 is 0. The number of Topliss-reactive ketones (excluding diaryl/α,β-unsaturated/α-hetero) is 1. The molecule has 0 aliphatic rings. The van der Waals surface area contributed by atoms with Crippen LogP contribution in [0.5, 0.6) is 0 Å². The average molecular weight is 302 g/mol. The summed E-state index contributed by atoms with van der Waals surface area (Å²) in [5.74, 6) is -0.497. The van der Waals surface area contributed by atoms with Gasteiger partial charge in [-0.3, -0.25) is 4.79 Å². The molecule has 4 N–H and O–H groups in total. The SMILES string of the molecule is CCCCCC(=O)C(O)C(O)C(O)CO.CP.S. The Kier molecular flexibility index (Phi) is 19.9. The molecule has 7 heteroatoms. The lowest BCUT2D eigenvalue weighted by Gasteiger charge is -2.20. The zero-order valence-electron chi connectivity index (χ0n) is 11.0. The van der Waals surface area contributed by atoms with Crippen LogP contribution >= 0.6 is 22.7 Å². The summed E-state index contributed by atoms with van der Waals surface area (Å²) in [6.45, 7) is 3.23. The molecule has 0 spiro atoms. The highest BCUT2D eigenvalue weighted by molar-refractivity contribution is 7.59. The van der Waals surface area contributed by atoms with Crippen LogP contribution in [-0.2, 0) is 4.79 Å². The predicted molar refractivity (Wildman–Crippen MR) is 80.3 cm³/mol. The summed E-state index contributed by atoms with van der Waals surface area (Å²) in [7, 11) is 2.42. The van der Waals surface area contributed by atoms with Gasteiger partial charge >= 0.3 is 0 Å². The Morgan fingerprint density at radius 3 is 2.06 bits per heavy atom. The van der Waals surface area contributed by atoms with E-state index in [1.54, 1.807) is 0 Å². The second-order valence-corrected chi connectivity index (χ2v) is 3.61. The molecule has 18 heavy (non-hydrogen) atoms. The monoisotopic (exact) mass is 302 g/mol. The minimum Gasteiger partial charge on any atom is -0.394 e. The predicted octanol–water partition coefficient (Wildman–Crippen LogP) is -0.185. The van der Waals surface area contributed by atoms with Crippen molar-refractivity contribution in [3.05, 3.63) is 0 Å². The molecule has 0 bridgehead atoms. The van der Waals surface area contributed by atoms with E-state index >= 15 is 0 Å². The molecule has 0 heterocycles. The summed E-state index contributed by atoms with van der Waals surface area (Å²) in [5, 5.41) is 36.1. The van der Waals surface area contributed by atoms with Crippen LogP contribution in [0.3, 0.4) is 0 Å². The maximum atomic E-state index is 11.3. The zero-order chi connectivity index (χ0) is 13.8. The van der Waals surface area contributed by atoms with Crippen LogP contribution in [0.1, 0.15) is 32.6 Å². The second-order valence-electron chi connectivity index (χ2n) is 3.61. The Morgan fingerprint density at radius 2 is 1.67 bits per heavy atom. The van der Waals surface area contributed by atoms with Gasteiger partial charge in [-0.2, -0.15) is 13.5 Å². The summed E-state index contributed by atoms with van der Waals surface area (Å²) in [6.07, 6.45) is -2.00. The van der Waals surface area contributed by atoms with Crippen LogP contribution in [0.4, 0.5) is 0 Å². The topological polar surface area (TPSA) is 98.0 Å². The van der Waals surface area contributed by atoms with Gasteiger partial charge in [0.2, 0.25) is 0 Å². The van der Waals surface area contributed by atoms with E-state index in [1.807, 2.05) is 13.6 Å². The molecule has 0 aromatic rings. The van der Waals surface area contributed by atoms with Crippen LogP contribution in [0, 0.1) is 0 Å². The number of aliphatic hydroxyl groups excluding tert-OH is 4. The van der Waals surface area contributed by atoms with Crippen molar-refractivity contribution in [2.24, 2.45) is 0 Å². The van der Waals surface area contributed by atoms with E-state index in [-0.39, 0.29) is 19.9 Å². The maximum Gasteiger partial charge on any atom is 0.164 e. The van der Waals surface area contributed by atoms with Gasteiger partial charge < -0.3 is 20.4 Å². The fourth-order valence-electron chi connectivity index (χ4n) is 1.21. The van der Waals surface area contributed by atoms with Gasteiger partial charge in [0.05, 0.1) is 6.61 Å². The molecular formula is C11H27O5PS. The normalized spacial score (nSPS) is 14.6. The standard InChI is InChI=1S/C10H20O5.CH5P.H2S/c1-2-3-4-5-7(12)9(14)10(15)8(13)6-11;1-2;/h8-11,13-15H,2-6H2,1H3;2H2,1H3;1H2. The van der Waals surface area contributed by atoms with Gasteiger partial charge in [-0.15, -0.1) is 9.24 Å². The molecule has 4 atom stereocenters. The highest BCUT2D eigenvalue weighted by atomic mass is 32.1. The molecule has 5 nitrogen and oxygen atoms in total. The number of ketones is 1. The van der Waals surface area contributed by atoms with E-state index in [0.717, 1.165) is 12.8 Å². The van der Waals surface area contributed by atoms with Crippen molar-refractivity contribution < 1.29 is 25.2 Å². The van der Waals surface area contributed by atoms with E-state index in [2.05, 4.69) is 9.24 Å². The van der Waals surface area contributed by atoms with Crippen molar-refractivity contribution in [3.8, 4) is 0 Å². The third-order valence-corrected chi connectivity index (χ3v) is 2.26. The molecule has 0 saturated carbocycles.